The lowest BCUT2D eigenvalue weighted by Gasteiger charge is -2.21. The highest BCUT2D eigenvalue weighted by atomic mass is 31.2. The molecule has 0 saturated heterocycles. The minimum Gasteiger partial charge on any atom is -0.462 e. The molecular weight excluding hydrogens is 1320 g/mol. The van der Waals surface area contributed by atoms with Crippen LogP contribution in [0, 0.1) is 23.7 Å². The molecular formula is C82H160O17P2. The second-order valence-corrected chi connectivity index (χ2v) is 33.9. The molecule has 0 rings (SSSR count). The summed E-state index contributed by atoms with van der Waals surface area (Å²) in [6.45, 7) is 14.3. The average molecular weight is 1480 g/mol. The van der Waals surface area contributed by atoms with Crippen LogP contribution < -0.4 is 0 Å². The molecule has 0 bridgehead atoms. The number of esters is 4. The number of aliphatic hydroxyl groups excluding tert-OH is 1. The van der Waals surface area contributed by atoms with Crippen molar-refractivity contribution in [2.24, 2.45) is 23.7 Å². The van der Waals surface area contributed by atoms with E-state index in [1.165, 1.54) is 218 Å². The Morgan fingerprint density at radius 1 is 0.277 bits per heavy atom. The largest absolute Gasteiger partial charge is 0.472 e. The zero-order valence-corrected chi connectivity index (χ0v) is 68.3. The maximum atomic E-state index is 13.1. The summed E-state index contributed by atoms with van der Waals surface area (Å²) in [7, 11) is -9.92. The highest BCUT2D eigenvalue weighted by molar-refractivity contribution is 7.47. The van der Waals surface area contributed by atoms with Gasteiger partial charge in [-0.15, -0.1) is 0 Å². The number of hydrogen-bond acceptors (Lipinski definition) is 15. The van der Waals surface area contributed by atoms with Crippen molar-refractivity contribution in [1.29, 1.82) is 0 Å². The van der Waals surface area contributed by atoms with E-state index in [0.29, 0.717) is 31.6 Å². The normalized spacial score (nSPS) is 14.5. The Kier molecular flexibility index (Phi) is 69.6. The second kappa shape index (κ2) is 71.0. The molecule has 0 amide bonds. The monoisotopic (exact) mass is 1480 g/mol. The molecule has 101 heavy (non-hydrogen) atoms. The first-order valence-electron chi connectivity index (χ1n) is 42.3. The zero-order valence-electron chi connectivity index (χ0n) is 66.5. The summed E-state index contributed by atoms with van der Waals surface area (Å²) in [6.07, 6.45) is 58.5. The van der Waals surface area contributed by atoms with Gasteiger partial charge < -0.3 is 33.8 Å². The topological polar surface area (TPSA) is 237 Å². The standard InChI is InChI=1S/C82H160O17P2/c1-9-74(7)60-52-44-35-29-25-21-17-13-11-12-14-18-23-27-31-38-48-56-64-81(86)98-77(68-92-79(84)62-54-46-37-30-26-22-19-15-16-20-24-28-34-42-50-58-72(3)4)70-96-100(88,89)94-66-76(83)67-95-101(90,91)97-71-78(69-93-80(85)63-55-47-41-40-43-51-59-73(5)6)99-82(87)65-57-49-39-33-32-36-45-53-61-75(8)10-2/h72-78,83H,9-71H2,1-8H3,(H,88,89)(H,90,91)/t74?,75?,76-,77-,78-/m1/s1. The van der Waals surface area contributed by atoms with E-state index in [1.807, 2.05) is 0 Å². The molecule has 0 aromatic rings. The Morgan fingerprint density at radius 3 is 0.703 bits per heavy atom. The van der Waals surface area contributed by atoms with Crippen molar-refractivity contribution >= 4 is 39.5 Å². The molecule has 0 fully saturated rings. The Morgan fingerprint density at radius 2 is 0.475 bits per heavy atom. The van der Waals surface area contributed by atoms with Crippen LogP contribution in [-0.4, -0.2) is 96.7 Å². The van der Waals surface area contributed by atoms with Crippen LogP contribution in [-0.2, 0) is 65.4 Å². The summed E-state index contributed by atoms with van der Waals surface area (Å²) >= 11 is 0. The number of hydrogen-bond donors (Lipinski definition) is 3. The number of ether oxygens (including phenoxy) is 4. The molecule has 0 aliphatic heterocycles. The van der Waals surface area contributed by atoms with E-state index in [0.717, 1.165) is 114 Å². The molecule has 0 aromatic heterocycles. The number of carbonyl (C=O) groups is 4. The maximum Gasteiger partial charge on any atom is 0.472 e. The maximum absolute atomic E-state index is 13.1. The molecule has 3 N–H and O–H groups in total. The predicted octanol–water partition coefficient (Wildman–Crippen LogP) is 24.4. The fourth-order valence-corrected chi connectivity index (χ4v) is 14.1. The summed E-state index contributed by atoms with van der Waals surface area (Å²) in [6, 6.07) is 0. The molecule has 0 radical (unpaired) electrons. The Bertz CT molecular complexity index is 1980. The van der Waals surface area contributed by atoms with Crippen LogP contribution in [0.15, 0.2) is 0 Å². The van der Waals surface area contributed by atoms with Crippen molar-refractivity contribution in [1.82, 2.24) is 0 Å². The Balaban J connectivity index is 5.20. The molecule has 0 aromatic carbocycles. The lowest BCUT2D eigenvalue weighted by molar-refractivity contribution is -0.161. The van der Waals surface area contributed by atoms with Crippen molar-refractivity contribution in [3.05, 3.63) is 0 Å². The van der Waals surface area contributed by atoms with Crippen molar-refractivity contribution in [3.63, 3.8) is 0 Å². The van der Waals surface area contributed by atoms with E-state index >= 15 is 0 Å². The molecule has 4 unspecified atom stereocenters. The summed E-state index contributed by atoms with van der Waals surface area (Å²) < 4.78 is 68.7. The minimum atomic E-state index is -4.96. The van der Waals surface area contributed by atoms with Gasteiger partial charge in [-0.05, 0) is 49.4 Å². The van der Waals surface area contributed by atoms with E-state index in [-0.39, 0.29) is 25.7 Å². The van der Waals surface area contributed by atoms with E-state index in [1.54, 1.807) is 0 Å². The van der Waals surface area contributed by atoms with Gasteiger partial charge in [0.2, 0.25) is 0 Å². The minimum absolute atomic E-state index is 0.104. The fraction of sp³-hybridized carbons (Fsp3) is 0.951. The first kappa shape index (κ1) is 99.1. The third-order valence-corrected chi connectivity index (χ3v) is 21.7. The van der Waals surface area contributed by atoms with Gasteiger partial charge in [0.15, 0.2) is 12.2 Å². The van der Waals surface area contributed by atoms with Crippen LogP contribution in [0.1, 0.15) is 421 Å². The number of aliphatic hydroxyl groups is 1. The summed E-state index contributed by atoms with van der Waals surface area (Å²) in [5, 5.41) is 10.6. The molecule has 0 spiro atoms. The Labute approximate surface area is 619 Å². The second-order valence-electron chi connectivity index (χ2n) is 31.0. The first-order chi connectivity index (χ1) is 48.7. The summed E-state index contributed by atoms with van der Waals surface area (Å²) in [5.74, 6) is 1.01. The molecule has 600 valence electrons. The number of phosphoric ester groups is 2. The van der Waals surface area contributed by atoms with E-state index in [9.17, 15) is 43.2 Å². The van der Waals surface area contributed by atoms with Crippen LogP contribution >= 0.6 is 15.6 Å². The van der Waals surface area contributed by atoms with Crippen LogP contribution in [0.25, 0.3) is 0 Å². The van der Waals surface area contributed by atoms with Gasteiger partial charge in [-0.3, -0.25) is 37.3 Å². The number of carbonyl (C=O) groups excluding carboxylic acids is 4. The molecule has 0 saturated carbocycles. The van der Waals surface area contributed by atoms with Gasteiger partial charge in [-0.1, -0.05) is 370 Å². The van der Waals surface area contributed by atoms with Crippen molar-refractivity contribution in [2.45, 2.75) is 440 Å². The highest BCUT2D eigenvalue weighted by Crippen LogP contribution is 2.45. The predicted molar refractivity (Wildman–Crippen MR) is 414 cm³/mol. The van der Waals surface area contributed by atoms with Crippen LogP contribution in [0.2, 0.25) is 0 Å². The highest BCUT2D eigenvalue weighted by Gasteiger charge is 2.30. The summed E-state index contributed by atoms with van der Waals surface area (Å²) in [4.78, 5) is 73.0. The van der Waals surface area contributed by atoms with E-state index in [2.05, 4.69) is 55.4 Å². The average Bonchev–Trinajstić information content (AvgIpc) is 1.00. The van der Waals surface area contributed by atoms with Gasteiger partial charge in [0.25, 0.3) is 0 Å². The third-order valence-electron chi connectivity index (χ3n) is 19.8. The van der Waals surface area contributed by atoms with Gasteiger partial charge in [0.1, 0.15) is 19.3 Å². The van der Waals surface area contributed by atoms with Gasteiger partial charge in [0.05, 0.1) is 26.4 Å². The van der Waals surface area contributed by atoms with Crippen molar-refractivity contribution in [3.8, 4) is 0 Å². The Hall–Kier alpha value is -1.94. The van der Waals surface area contributed by atoms with Gasteiger partial charge in [-0.25, -0.2) is 9.13 Å². The van der Waals surface area contributed by atoms with Gasteiger partial charge >= 0.3 is 39.5 Å². The number of phosphoric acid groups is 2. The van der Waals surface area contributed by atoms with Gasteiger partial charge in [-0.2, -0.15) is 0 Å². The quantitative estimate of drug-likeness (QED) is 0.0222. The molecule has 0 heterocycles. The van der Waals surface area contributed by atoms with Crippen LogP contribution in [0.5, 0.6) is 0 Å². The molecule has 0 aliphatic rings. The summed E-state index contributed by atoms with van der Waals surface area (Å²) in [5.41, 5.74) is 0. The van der Waals surface area contributed by atoms with Crippen LogP contribution in [0.3, 0.4) is 0 Å². The molecule has 7 atom stereocenters. The first-order valence-corrected chi connectivity index (χ1v) is 45.3. The smallest absolute Gasteiger partial charge is 0.462 e. The SMILES string of the molecule is CCC(C)CCCCCCCCCCCCCCCCCCCCC(=O)O[C@H](COC(=O)CCCCCCCCCCCCCCCCCC(C)C)COP(=O)(O)OC[C@@H](O)COP(=O)(O)OC[C@@H](COC(=O)CCCCCCCCC(C)C)OC(=O)CCCCCCCCCCC(C)CC. The fourth-order valence-electron chi connectivity index (χ4n) is 12.5. The lowest BCUT2D eigenvalue weighted by Crippen LogP contribution is -2.30. The van der Waals surface area contributed by atoms with Crippen LogP contribution in [0.4, 0.5) is 0 Å². The van der Waals surface area contributed by atoms with Gasteiger partial charge in [0, 0.05) is 25.7 Å². The lowest BCUT2D eigenvalue weighted by atomic mass is 9.99. The third kappa shape index (κ3) is 73.4. The zero-order chi connectivity index (χ0) is 74.6. The number of rotatable bonds is 79. The number of unbranched alkanes of at least 4 members (excludes halogenated alkanes) is 43. The van der Waals surface area contributed by atoms with Crippen molar-refractivity contribution < 1.29 is 80.2 Å². The van der Waals surface area contributed by atoms with E-state index in [4.69, 9.17) is 37.0 Å². The molecule has 19 heteroatoms. The van der Waals surface area contributed by atoms with E-state index < -0.39 is 97.5 Å². The molecule has 17 nitrogen and oxygen atoms in total. The molecule has 0 aliphatic carbocycles. The van der Waals surface area contributed by atoms with Crippen molar-refractivity contribution in [2.75, 3.05) is 39.6 Å².